The van der Waals surface area contributed by atoms with E-state index in [1.807, 2.05) is 6.07 Å². The second-order valence-corrected chi connectivity index (χ2v) is 4.46. The summed E-state index contributed by atoms with van der Waals surface area (Å²) in [4.78, 5) is 4.11. The molecule has 0 saturated carbocycles. The third-order valence-electron chi connectivity index (χ3n) is 1.89. The number of hydrogen-bond donors (Lipinski definition) is 0. The Balaban J connectivity index is 2.18. The average Bonchev–Trinajstić information content (AvgIpc) is 2.51. The van der Waals surface area contributed by atoms with E-state index in [9.17, 15) is 0 Å². The largest absolute Gasteiger partial charge is 0.208 e. The normalized spacial score (nSPS) is 10.4. The van der Waals surface area contributed by atoms with Crippen LogP contribution in [-0.4, -0.2) is 9.36 Å². The molecule has 0 radical (unpaired) electrons. The van der Waals surface area contributed by atoms with E-state index >= 15 is 0 Å². The molecule has 2 aromatic rings. The lowest BCUT2D eigenvalue weighted by Crippen LogP contribution is -1.90. The standard InChI is InChI=1S/C10H9ClN2S/c1-7-3-2-4-8(5-7)6-9-12-10(11)14-13-9/h2-5H,6H2,1H3. The molecule has 0 fully saturated rings. The fourth-order valence-electron chi connectivity index (χ4n) is 1.31. The SMILES string of the molecule is Cc1cccc(Cc2nsc(Cl)n2)c1. The van der Waals surface area contributed by atoms with E-state index in [1.54, 1.807) is 0 Å². The Morgan fingerprint density at radius 2 is 2.29 bits per heavy atom. The summed E-state index contributed by atoms with van der Waals surface area (Å²) in [6.45, 7) is 2.07. The van der Waals surface area contributed by atoms with Gasteiger partial charge in [-0.05, 0) is 35.6 Å². The van der Waals surface area contributed by atoms with Crippen LogP contribution in [0.5, 0.6) is 0 Å². The Kier molecular flexibility index (Phi) is 2.79. The van der Waals surface area contributed by atoms with Crippen LogP contribution in [0.15, 0.2) is 24.3 Å². The topological polar surface area (TPSA) is 25.8 Å². The Bertz CT molecular complexity index is 439. The number of rotatable bonds is 2. The van der Waals surface area contributed by atoms with Gasteiger partial charge in [-0.25, -0.2) is 4.98 Å². The highest BCUT2D eigenvalue weighted by atomic mass is 35.5. The fraction of sp³-hybridized carbons (Fsp3) is 0.200. The number of halogens is 1. The predicted molar refractivity (Wildman–Crippen MR) is 58.9 cm³/mol. The molecule has 1 aromatic carbocycles. The van der Waals surface area contributed by atoms with Crippen LogP contribution in [0.4, 0.5) is 0 Å². The van der Waals surface area contributed by atoms with Crippen molar-refractivity contribution in [3.8, 4) is 0 Å². The maximum Gasteiger partial charge on any atom is 0.203 e. The van der Waals surface area contributed by atoms with E-state index in [4.69, 9.17) is 11.6 Å². The highest BCUT2D eigenvalue weighted by molar-refractivity contribution is 7.10. The first-order valence-corrected chi connectivity index (χ1v) is 5.43. The van der Waals surface area contributed by atoms with Crippen LogP contribution < -0.4 is 0 Å². The molecule has 0 aliphatic carbocycles. The smallest absolute Gasteiger partial charge is 0.203 e. The summed E-state index contributed by atoms with van der Waals surface area (Å²) in [7, 11) is 0. The first kappa shape index (κ1) is 9.62. The Hall–Kier alpha value is -0.930. The lowest BCUT2D eigenvalue weighted by molar-refractivity contribution is 1.03. The van der Waals surface area contributed by atoms with Gasteiger partial charge >= 0.3 is 0 Å². The van der Waals surface area contributed by atoms with Gasteiger partial charge < -0.3 is 0 Å². The molecule has 1 heterocycles. The van der Waals surface area contributed by atoms with E-state index in [0.717, 1.165) is 12.2 Å². The van der Waals surface area contributed by atoms with E-state index in [1.165, 1.54) is 22.7 Å². The van der Waals surface area contributed by atoms with Crippen LogP contribution in [0.2, 0.25) is 4.47 Å². The van der Waals surface area contributed by atoms with Crippen molar-refractivity contribution in [1.82, 2.24) is 9.36 Å². The highest BCUT2D eigenvalue weighted by Crippen LogP contribution is 2.14. The summed E-state index contributed by atoms with van der Waals surface area (Å²) in [6, 6.07) is 8.32. The molecule has 2 nitrogen and oxygen atoms in total. The van der Waals surface area contributed by atoms with Gasteiger partial charge in [-0.15, -0.1) is 0 Å². The average molecular weight is 225 g/mol. The van der Waals surface area contributed by atoms with Gasteiger partial charge in [0, 0.05) is 6.42 Å². The van der Waals surface area contributed by atoms with Crippen molar-refractivity contribution < 1.29 is 0 Å². The summed E-state index contributed by atoms with van der Waals surface area (Å²) in [5, 5.41) is 0. The summed E-state index contributed by atoms with van der Waals surface area (Å²) in [6.07, 6.45) is 0.755. The molecule has 0 spiro atoms. The molecule has 72 valence electrons. The van der Waals surface area contributed by atoms with Crippen molar-refractivity contribution in [1.29, 1.82) is 0 Å². The third kappa shape index (κ3) is 2.30. The Labute approximate surface area is 91.7 Å². The molecular weight excluding hydrogens is 216 g/mol. The zero-order valence-corrected chi connectivity index (χ0v) is 9.27. The van der Waals surface area contributed by atoms with Gasteiger partial charge in [-0.3, -0.25) is 0 Å². The van der Waals surface area contributed by atoms with Gasteiger partial charge in [0.15, 0.2) is 0 Å². The first-order chi connectivity index (χ1) is 6.74. The molecule has 14 heavy (non-hydrogen) atoms. The van der Waals surface area contributed by atoms with Crippen LogP contribution in [-0.2, 0) is 6.42 Å². The molecule has 2 rings (SSSR count). The quantitative estimate of drug-likeness (QED) is 0.784. The summed E-state index contributed by atoms with van der Waals surface area (Å²) in [5.41, 5.74) is 2.48. The molecule has 4 heteroatoms. The van der Waals surface area contributed by atoms with E-state index in [0.29, 0.717) is 4.47 Å². The van der Waals surface area contributed by atoms with Crippen molar-refractivity contribution >= 4 is 23.1 Å². The minimum absolute atomic E-state index is 0.507. The highest BCUT2D eigenvalue weighted by Gasteiger charge is 2.02. The molecule has 0 aliphatic heterocycles. The van der Waals surface area contributed by atoms with Crippen LogP contribution in [0.1, 0.15) is 17.0 Å². The van der Waals surface area contributed by atoms with Gasteiger partial charge in [-0.2, -0.15) is 4.37 Å². The maximum absolute atomic E-state index is 5.70. The van der Waals surface area contributed by atoms with Crippen LogP contribution in [0.25, 0.3) is 0 Å². The van der Waals surface area contributed by atoms with Crippen LogP contribution >= 0.6 is 23.1 Å². The molecule has 0 aliphatic rings. The van der Waals surface area contributed by atoms with Crippen molar-refractivity contribution in [2.75, 3.05) is 0 Å². The van der Waals surface area contributed by atoms with E-state index in [-0.39, 0.29) is 0 Å². The van der Waals surface area contributed by atoms with Crippen LogP contribution in [0.3, 0.4) is 0 Å². The Morgan fingerprint density at radius 1 is 1.43 bits per heavy atom. The predicted octanol–water partition coefficient (Wildman–Crippen LogP) is 3.09. The van der Waals surface area contributed by atoms with Crippen molar-refractivity contribution in [2.45, 2.75) is 13.3 Å². The Morgan fingerprint density at radius 3 is 2.93 bits per heavy atom. The molecule has 0 bridgehead atoms. The number of hydrogen-bond acceptors (Lipinski definition) is 3. The first-order valence-electron chi connectivity index (χ1n) is 4.27. The van der Waals surface area contributed by atoms with Crippen LogP contribution in [0, 0.1) is 6.92 Å². The molecule has 0 unspecified atom stereocenters. The van der Waals surface area contributed by atoms with E-state index < -0.39 is 0 Å². The van der Waals surface area contributed by atoms with E-state index in [2.05, 4.69) is 34.5 Å². The summed E-state index contributed by atoms with van der Waals surface area (Å²) < 4.78 is 4.65. The summed E-state index contributed by atoms with van der Waals surface area (Å²) >= 11 is 6.93. The van der Waals surface area contributed by atoms with Crippen molar-refractivity contribution in [2.24, 2.45) is 0 Å². The molecule has 0 saturated heterocycles. The zero-order chi connectivity index (χ0) is 9.97. The minimum Gasteiger partial charge on any atom is -0.208 e. The lowest BCUT2D eigenvalue weighted by atomic mass is 10.1. The maximum atomic E-state index is 5.70. The molecular formula is C10H9ClN2S. The number of nitrogens with zero attached hydrogens (tertiary/aromatic N) is 2. The minimum atomic E-state index is 0.507. The van der Waals surface area contributed by atoms with Crippen molar-refractivity contribution in [3.05, 3.63) is 45.7 Å². The second kappa shape index (κ2) is 4.07. The number of aryl methyl sites for hydroxylation is 1. The molecule has 0 atom stereocenters. The zero-order valence-electron chi connectivity index (χ0n) is 7.70. The second-order valence-electron chi connectivity index (χ2n) is 3.13. The molecule has 0 N–H and O–H groups in total. The van der Waals surface area contributed by atoms with Gasteiger partial charge in [0.1, 0.15) is 5.82 Å². The summed E-state index contributed by atoms with van der Waals surface area (Å²) in [5.74, 6) is 0.797. The third-order valence-corrected chi connectivity index (χ3v) is 2.72. The molecule has 0 amide bonds. The lowest BCUT2D eigenvalue weighted by Gasteiger charge is -1.98. The number of aromatic nitrogens is 2. The van der Waals surface area contributed by atoms with Gasteiger partial charge in [0.25, 0.3) is 0 Å². The molecule has 1 aromatic heterocycles. The van der Waals surface area contributed by atoms with Gasteiger partial charge in [0.05, 0.1) is 0 Å². The van der Waals surface area contributed by atoms with Gasteiger partial charge in [-0.1, -0.05) is 29.8 Å². The fourth-order valence-corrected chi connectivity index (χ4v) is 1.94. The number of benzene rings is 1. The van der Waals surface area contributed by atoms with Crippen molar-refractivity contribution in [3.63, 3.8) is 0 Å². The van der Waals surface area contributed by atoms with Gasteiger partial charge in [0.2, 0.25) is 4.47 Å². The monoisotopic (exact) mass is 224 g/mol.